The number of aromatic nitrogens is 1. The van der Waals surface area contributed by atoms with Gasteiger partial charge in [0.25, 0.3) is 0 Å². The molecule has 3 aromatic rings. The molecule has 1 amide bonds. The second kappa shape index (κ2) is 9.15. The number of benzene rings is 1. The van der Waals surface area contributed by atoms with Gasteiger partial charge in [-0.05, 0) is 23.6 Å². The summed E-state index contributed by atoms with van der Waals surface area (Å²) in [4.78, 5) is 17.9. The highest BCUT2D eigenvalue weighted by Gasteiger charge is 2.40. The molecule has 1 fully saturated rings. The molecule has 0 saturated carbocycles. The number of carbonyl (C=O) groups excluding carboxylic acids is 1. The lowest BCUT2D eigenvalue weighted by atomic mass is 10.3. The molecule has 4 rings (SSSR count). The molecule has 158 valence electrons. The Kier molecular flexibility index (Phi) is 6.54. The lowest BCUT2D eigenvalue weighted by Crippen LogP contribution is -2.47. The van der Waals surface area contributed by atoms with Gasteiger partial charge in [-0.1, -0.05) is 18.2 Å². The minimum Gasteiger partial charge on any atom is -0.354 e. The third kappa shape index (κ3) is 4.45. The Morgan fingerprint density at radius 1 is 1.23 bits per heavy atom. The third-order valence-corrected chi connectivity index (χ3v) is 9.53. The van der Waals surface area contributed by atoms with Gasteiger partial charge < -0.3 is 5.32 Å². The predicted molar refractivity (Wildman–Crippen MR) is 119 cm³/mol. The van der Waals surface area contributed by atoms with Crippen LogP contribution in [-0.2, 0) is 21.2 Å². The average molecular weight is 484 g/mol. The highest BCUT2D eigenvalue weighted by molar-refractivity contribution is 8.00. The average Bonchev–Trinajstić information content (AvgIpc) is 3.48. The first-order valence-corrected chi connectivity index (χ1v) is 13.4. The van der Waals surface area contributed by atoms with E-state index in [9.17, 15) is 17.6 Å². The fraction of sp³-hybridized carbons (Fsp3) is 0.263. The third-order valence-electron chi connectivity index (χ3n) is 4.53. The van der Waals surface area contributed by atoms with Crippen molar-refractivity contribution in [1.29, 1.82) is 0 Å². The van der Waals surface area contributed by atoms with Gasteiger partial charge in [-0.2, -0.15) is 4.31 Å². The number of thiazole rings is 1. The van der Waals surface area contributed by atoms with Gasteiger partial charge >= 0.3 is 0 Å². The molecule has 30 heavy (non-hydrogen) atoms. The molecule has 6 nitrogen and oxygen atoms in total. The fourth-order valence-electron chi connectivity index (χ4n) is 3.02. The van der Waals surface area contributed by atoms with Crippen molar-refractivity contribution in [3.63, 3.8) is 0 Å². The number of carbonyl (C=O) groups is 1. The smallest absolute Gasteiger partial charge is 0.247 e. The molecule has 1 atom stereocenters. The molecule has 1 N–H and O–H groups in total. The summed E-state index contributed by atoms with van der Waals surface area (Å²) in [5.41, 5.74) is 0.875. The Morgan fingerprint density at radius 2 is 2.07 bits per heavy atom. The van der Waals surface area contributed by atoms with E-state index in [4.69, 9.17) is 0 Å². The summed E-state index contributed by atoms with van der Waals surface area (Å²) in [6, 6.07) is 8.34. The van der Waals surface area contributed by atoms with Crippen molar-refractivity contribution in [2.45, 2.75) is 17.4 Å². The van der Waals surface area contributed by atoms with Crippen molar-refractivity contribution in [1.82, 2.24) is 14.6 Å². The molecule has 0 bridgehead atoms. The van der Waals surface area contributed by atoms with E-state index < -0.39 is 26.8 Å². The number of rotatable bonds is 7. The van der Waals surface area contributed by atoms with Gasteiger partial charge in [0.1, 0.15) is 21.8 Å². The van der Waals surface area contributed by atoms with E-state index in [0.29, 0.717) is 18.7 Å². The van der Waals surface area contributed by atoms with Crippen molar-refractivity contribution in [3.8, 4) is 9.88 Å². The zero-order valence-electron chi connectivity index (χ0n) is 15.7. The molecule has 1 aromatic carbocycles. The first-order valence-electron chi connectivity index (χ1n) is 9.07. The topological polar surface area (TPSA) is 79.4 Å². The van der Waals surface area contributed by atoms with Gasteiger partial charge in [0.2, 0.25) is 15.9 Å². The molecule has 1 aliphatic heterocycles. The number of nitrogens with one attached hydrogen (secondary N) is 1. The quantitative estimate of drug-likeness (QED) is 0.557. The lowest BCUT2D eigenvalue weighted by Gasteiger charge is -2.22. The Hall–Kier alpha value is -1.79. The standard InChI is InChI=1S/C19H18FN3O3S4/c20-14-4-1-2-6-17(14)30(25,26)23-12-27-11-15(23)18(24)21-8-7-13-10-29-19(22-13)16-5-3-9-28-16/h1-6,9-10,15H,7-8,11-12H2,(H,21,24). The van der Waals surface area contributed by atoms with E-state index in [2.05, 4.69) is 10.3 Å². The Labute approximate surface area is 186 Å². The summed E-state index contributed by atoms with van der Waals surface area (Å²) in [5, 5.41) is 7.70. The van der Waals surface area contributed by atoms with Gasteiger partial charge in [0.15, 0.2) is 0 Å². The lowest BCUT2D eigenvalue weighted by molar-refractivity contribution is -0.123. The molecule has 11 heteroatoms. The molecular formula is C19H18FN3O3S4. The zero-order valence-corrected chi connectivity index (χ0v) is 18.9. The van der Waals surface area contributed by atoms with Crippen LogP contribution in [0.1, 0.15) is 5.69 Å². The summed E-state index contributed by atoms with van der Waals surface area (Å²) in [7, 11) is -4.10. The number of thiophene rings is 1. The van der Waals surface area contributed by atoms with Crippen molar-refractivity contribution < 1.29 is 17.6 Å². The maximum absolute atomic E-state index is 14.0. The van der Waals surface area contributed by atoms with Gasteiger partial charge in [-0.15, -0.1) is 34.4 Å². The predicted octanol–water partition coefficient (Wildman–Crippen LogP) is 3.43. The minimum absolute atomic E-state index is 0.116. The van der Waals surface area contributed by atoms with E-state index in [-0.39, 0.29) is 11.8 Å². The molecular weight excluding hydrogens is 465 g/mol. The van der Waals surface area contributed by atoms with Gasteiger partial charge in [0.05, 0.1) is 16.4 Å². The first kappa shape index (κ1) is 21.4. The van der Waals surface area contributed by atoms with E-state index >= 15 is 0 Å². The molecule has 1 unspecified atom stereocenters. The fourth-order valence-corrected chi connectivity index (χ4v) is 7.90. The summed E-state index contributed by atoms with van der Waals surface area (Å²) in [5.74, 6) is -0.753. The van der Waals surface area contributed by atoms with Crippen LogP contribution in [0.25, 0.3) is 9.88 Å². The monoisotopic (exact) mass is 483 g/mol. The number of sulfonamides is 1. The van der Waals surface area contributed by atoms with Crippen molar-refractivity contribution >= 4 is 50.4 Å². The number of thioether (sulfide) groups is 1. The molecule has 2 aromatic heterocycles. The highest BCUT2D eigenvalue weighted by atomic mass is 32.2. The van der Waals surface area contributed by atoms with Crippen molar-refractivity contribution in [2.75, 3.05) is 18.2 Å². The number of hydrogen-bond acceptors (Lipinski definition) is 7. The Balaban J connectivity index is 1.38. The number of halogens is 1. The van der Waals surface area contributed by atoms with Crippen LogP contribution in [0.3, 0.4) is 0 Å². The normalized spacial score (nSPS) is 17.3. The Morgan fingerprint density at radius 3 is 2.83 bits per heavy atom. The summed E-state index contributed by atoms with van der Waals surface area (Å²) < 4.78 is 40.8. The van der Waals surface area contributed by atoms with E-state index in [1.54, 1.807) is 22.7 Å². The molecule has 0 aliphatic carbocycles. The van der Waals surface area contributed by atoms with Crippen LogP contribution in [0.15, 0.2) is 52.1 Å². The van der Waals surface area contributed by atoms with E-state index in [1.165, 1.54) is 30.0 Å². The van der Waals surface area contributed by atoms with E-state index in [1.807, 2.05) is 22.9 Å². The molecule has 0 radical (unpaired) electrons. The Bertz CT molecular complexity index is 1130. The van der Waals surface area contributed by atoms with Crippen molar-refractivity contribution in [2.24, 2.45) is 0 Å². The zero-order chi connectivity index (χ0) is 21.1. The highest BCUT2D eigenvalue weighted by Crippen LogP contribution is 2.30. The number of hydrogen-bond donors (Lipinski definition) is 1. The van der Waals surface area contributed by atoms with Crippen LogP contribution >= 0.6 is 34.4 Å². The molecule has 3 heterocycles. The summed E-state index contributed by atoms with van der Waals surface area (Å²) >= 11 is 4.51. The minimum atomic E-state index is -4.10. The summed E-state index contributed by atoms with van der Waals surface area (Å²) in [6.45, 7) is 0.348. The first-order chi connectivity index (χ1) is 14.5. The van der Waals surface area contributed by atoms with Crippen LogP contribution in [0, 0.1) is 5.82 Å². The van der Waals surface area contributed by atoms with Gasteiger partial charge in [-0.3, -0.25) is 4.79 Å². The van der Waals surface area contributed by atoms with Crippen molar-refractivity contribution in [3.05, 3.63) is 58.7 Å². The van der Waals surface area contributed by atoms with Crippen LogP contribution in [-0.4, -0.2) is 47.8 Å². The maximum atomic E-state index is 14.0. The molecule has 1 saturated heterocycles. The summed E-state index contributed by atoms with van der Waals surface area (Å²) in [6.07, 6.45) is 0.549. The van der Waals surface area contributed by atoms with Gasteiger partial charge in [0, 0.05) is 24.1 Å². The van der Waals surface area contributed by atoms with Gasteiger partial charge in [-0.25, -0.2) is 17.8 Å². The van der Waals surface area contributed by atoms with Crippen LogP contribution in [0.5, 0.6) is 0 Å². The molecule has 1 aliphatic rings. The number of amides is 1. The van der Waals surface area contributed by atoms with Crippen LogP contribution in [0.2, 0.25) is 0 Å². The largest absolute Gasteiger partial charge is 0.354 e. The van der Waals surface area contributed by atoms with Crippen LogP contribution in [0.4, 0.5) is 4.39 Å². The second-order valence-electron chi connectivity index (χ2n) is 6.50. The van der Waals surface area contributed by atoms with E-state index in [0.717, 1.165) is 26.0 Å². The maximum Gasteiger partial charge on any atom is 0.247 e. The molecule has 0 spiro atoms. The second-order valence-corrected chi connectivity index (χ2v) is 11.2. The number of nitrogens with zero attached hydrogens (tertiary/aromatic N) is 2. The van der Waals surface area contributed by atoms with Crippen LogP contribution < -0.4 is 5.32 Å². The SMILES string of the molecule is O=C(NCCc1csc(-c2cccs2)n1)C1CSCN1S(=O)(=O)c1ccccc1F.